The van der Waals surface area contributed by atoms with Gasteiger partial charge in [-0.15, -0.1) is 0 Å². The summed E-state index contributed by atoms with van der Waals surface area (Å²) < 4.78 is 50.2. The van der Waals surface area contributed by atoms with Gasteiger partial charge in [0.05, 0.1) is 11.3 Å². The molecule has 1 atom stereocenters. The highest BCUT2D eigenvalue weighted by atomic mass is 32.2. The van der Waals surface area contributed by atoms with Gasteiger partial charge in [0.1, 0.15) is 17.4 Å². The molecule has 0 radical (unpaired) electrons. The third-order valence-corrected chi connectivity index (χ3v) is 5.23. The van der Waals surface area contributed by atoms with Crippen LogP contribution in [0.25, 0.3) is 0 Å². The fourth-order valence-electron chi connectivity index (χ4n) is 1.77. The molecule has 0 saturated heterocycles. The number of carbonyl (C=O) groups excluding carboxylic acids is 1. The van der Waals surface area contributed by atoms with E-state index in [2.05, 4.69) is 5.32 Å². The molecule has 0 aliphatic rings. The average Bonchev–Trinajstić information content (AvgIpc) is 2.38. The maximum absolute atomic E-state index is 13.7. The molecule has 0 heterocycles. The van der Waals surface area contributed by atoms with Crippen molar-refractivity contribution in [3.8, 4) is 0 Å². The summed E-state index contributed by atoms with van der Waals surface area (Å²) >= 11 is 0. The molecule has 0 aromatic heterocycles. The van der Waals surface area contributed by atoms with Crippen LogP contribution in [0.4, 0.5) is 8.78 Å². The molecule has 0 fully saturated rings. The summed E-state index contributed by atoms with van der Waals surface area (Å²) in [6, 6.07) is 2.19. The second-order valence-electron chi connectivity index (χ2n) is 5.05. The third-order valence-electron chi connectivity index (χ3n) is 3.13. The van der Waals surface area contributed by atoms with Gasteiger partial charge in [0.25, 0.3) is 0 Å². The fourth-order valence-corrected chi connectivity index (χ4v) is 2.55. The van der Waals surface area contributed by atoms with Crippen LogP contribution in [-0.4, -0.2) is 25.3 Å². The summed E-state index contributed by atoms with van der Waals surface area (Å²) in [4.78, 5) is 11.8. The number of carbonyl (C=O) groups is 1. The molecule has 0 saturated carbocycles. The zero-order chi connectivity index (χ0) is 16.2. The number of sulfone groups is 1. The molecule has 1 aromatic carbocycles. The Bertz CT molecular complexity index is 615. The lowest BCUT2D eigenvalue weighted by molar-refractivity contribution is -0.119. The van der Waals surface area contributed by atoms with Gasteiger partial charge in [0, 0.05) is 5.56 Å². The molecule has 4 nitrogen and oxygen atoms in total. The quantitative estimate of drug-likeness (QED) is 0.875. The molecule has 1 aromatic rings. The summed E-state index contributed by atoms with van der Waals surface area (Å²) in [5.41, 5.74) is 0.00722. The smallest absolute Gasteiger partial charge is 0.235 e. The highest BCUT2D eigenvalue weighted by Gasteiger charge is 2.23. The second-order valence-corrected chi connectivity index (χ2v) is 7.61. The zero-order valence-corrected chi connectivity index (χ0v) is 13.0. The van der Waals surface area contributed by atoms with Gasteiger partial charge >= 0.3 is 0 Å². The van der Waals surface area contributed by atoms with Gasteiger partial charge in [0.2, 0.25) is 5.91 Å². The van der Waals surface area contributed by atoms with E-state index in [-0.39, 0.29) is 5.56 Å². The first-order valence-electron chi connectivity index (χ1n) is 6.63. The van der Waals surface area contributed by atoms with Gasteiger partial charge in [-0.2, -0.15) is 0 Å². The lowest BCUT2D eigenvalue weighted by Crippen LogP contribution is -2.35. The summed E-state index contributed by atoms with van der Waals surface area (Å²) in [5.74, 6) is -2.65. The van der Waals surface area contributed by atoms with Crippen LogP contribution in [0.15, 0.2) is 18.2 Å². The van der Waals surface area contributed by atoms with Crippen LogP contribution >= 0.6 is 0 Å². The number of benzene rings is 1. The van der Waals surface area contributed by atoms with E-state index in [0.717, 1.165) is 18.2 Å². The van der Waals surface area contributed by atoms with Crippen LogP contribution in [0.2, 0.25) is 0 Å². The van der Waals surface area contributed by atoms with E-state index in [9.17, 15) is 22.0 Å². The van der Waals surface area contributed by atoms with Crippen molar-refractivity contribution in [1.29, 1.82) is 0 Å². The molecule has 0 bridgehead atoms. The second kappa shape index (κ2) is 6.98. The monoisotopic (exact) mass is 319 g/mol. The Hall–Kier alpha value is -1.50. The van der Waals surface area contributed by atoms with Crippen molar-refractivity contribution in [1.82, 2.24) is 5.32 Å². The number of rotatable bonds is 6. The predicted molar refractivity (Wildman–Crippen MR) is 76.5 cm³/mol. The highest BCUT2D eigenvalue weighted by Crippen LogP contribution is 2.21. The predicted octanol–water partition coefficient (Wildman–Crippen LogP) is 2.36. The number of nitrogens with one attached hydrogen (secondary N) is 1. The van der Waals surface area contributed by atoms with E-state index in [4.69, 9.17) is 0 Å². The minimum Gasteiger partial charge on any atom is -0.348 e. The van der Waals surface area contributed by atoms with Gasteiger partial charge in [0.15, 0.2) is 9.84 Å². The molecule has 1 rings (SSSR count). The Kier molecular flexibility index (Phi) is 5.83. The minimum absolute atomic E-state index is 0.00722. The van der Waals surface area contributed by atoms with Crippen LogP contribution in [0.5, 0.6) is 0 Å². The first kappa shape index (κ1) is 17.6. The molecular weight excluding hydrogens is 300 g/mol. The number of amides is 1. The van der Waals surface area contributed by atoms with Crippen molar-refractivity contribution < 1.29 is 22.0 Å². The van der Waals surface area contributed by atoms with Crippen molar-refractivity contribution in [3.05, 3.63) is 35.4 Å². The average molecular weight is 319 g/mol. The Labute approximate surface area is 123 Å². The molecule has 1 amide bonds. The topological polar surface area (TPSA) is 63.2 Å². The van der Waals surface area contributed by atoms with Gasteiger partial charge in [-0.1, -0.05) is 6.92 Å². The number of hydrogen-bond acceptors (Lipinski definition) is 3. The third kappa shape index (κ3) is 4.77. The molecule has 1 N–H and O–H groups in total. The fraction of sp³-hybridized carbons (Fsp3) is 0.500. The molecule has 0 aliphatic heterocycles. The Morgan fingerprint density at radius 1 is 1.29 bits per heavy atom. The zero-order valence-electron chi connectivity index (χ0n) is 12.2. The maximum atomic E-state index is 13.7. The molecule has 7 heteroatoms. The van der Waals surface area contributed by atoms with Crippen molar-refractivity contribution in [2.75, 3.05) is 5.75 Å². The van der Waals surface area contributed by atoms with E-state index in [1.54, 1.807) is 6.92 Å². The van der Waals surface area contributed by atoms with Gasteiger partial charge in [-0.05, 0) is 38.5 Å². The highest BCUT2D eigenvalue weighted by molar-refractivity contribution is 7.92. The molecule has 0 aliphatic carbocycles. The van der Waals surface area contributed by atoms with Gasteiger partial charge in [-0.25, -0.2) is 17.2 Å². The van der Waals surface area contributed by atoms with Crippen molar-refractivity contribution in [2.24, 2.45) is 0 Å². The molecular formula is C14H19F2NO3S. The molecule has 0 spiro atoms. The van der Waals surface area contributed by atoms with Gasteiger partial charge in [-0.3, -0.25) is 4.79 Å². The van der Waals surface area contributed by atoms with Crippen molar-refractivity contribution >= 4 is 15.7 Å². The van der Waals surface area contributed by atoms with E-state index in [1.807, 2.05) is 0 Å². The van der Waals surface area contributed by atoms with Crippen LogP contribution < -0.4 is 5.32 Å². The molecule has 0 unspecified atom stereocenters. The van der Waals surface area contributed by atoms with Crippen LogP contribution in [0, 0.1) is 11.6 Å². The lowest BCUT2D eigenvalue weighted by Gasteiger charge is -2.18. The lowest BCUT2D eigenvalue weighted by atomic mass is 10.0. The van der Waals surface area contributed by atoms with E-state index in [1.165, 1.54) is 13.8 Å². The SMILES string of the molecule is CC[C@@H](NC(=O)CS(=O)(=O)C(C)C)c1cc(F)ccc1F. The Morgan fingerprint density at radius 2 is 1.90 bits per heavy atom. The largest absolute Gasteiger partial charge is 0.348 e. The van der Waals surface area contributed by atoms with Crippen LogP contribution in [0.1, 0.15) is 38.8 Å². The van der Waals surface area contributed by atoms with Crippen molar-refractivity contribution in [3.63, 3.8) is 0 Å². The Balaban J connectivity index is 2.88. The van der Waals surface area contributed by atoms with Crippen LogP contribution in [0.3, 0.4) is 0 Å². The van der Waals surface area contributed by atoms with E-state index in [0.29, 0.717) is 6.42 Å². The van der Waals surface area contributed by atoms with Gasteiger partial charge < -0.3 is 5.32 Å². The number of halogens is 2. The van der Waals surface area contributed by atoms with E-state index < -0.39 is 44.4 Å². The first-order valence-corrected chi connectivity index (χ1v) is 8.34. The summed E-state index contributed by atoms with van der Waals surface area (Å²) in [5, 5.41) is 1.77. The van der Waals surface area contributed by atoms with Crippen molar-refractivity contribution in [2.45, 2.75) is 38.5 Å². The molecule has 118 valence electrons. The van der Waals surface area contributed by atoms with E-state index >= 15 is 0 Å². The standard InChI is InChI=1S/C14H19F2NO3S/c1-4-13(11-7-10(15)5-6-12(11)16)17-14(18)8-21(19,20)9(2)3/h5-7,9,13H,4,8H2,1-3H3,(H,17,18)/t13-/m1/s1. The normalized spacial score (nSPS) is 13.2. The maximum Gasteiger partial charge on any atom is 0.235 e. The minimum atomic E-state index is -3.53. The first-order chi connectivity index (χ1) is 9.67. The summed E-state index contributed by atoms with van der Waals surface area (Å²) in [6.07, 6.45) is 0.313. The Morgan fingerprint density at radius 3 is 2.43 bits per heavy atom. The summed E-state index contributed by atoms with van der Waals surface area (Å²) in [7, 11) is -3.53. The summed E-state index contributed by atoms with van der Waals surface area (Å²) in [6.45, 7) is 4.64. The molecule has 21 heavy (non-hydrogen) atoms. The number of hydrogen-bond donors (Lipinski definition) is 1. The van der Waals surface area contributed by atoms with Crippen LogP contribution in [-0.2, 0) is 14.6 Å².